The molecule has 0 aromatic heterocycles. The maximum atomic E-state index is 11.7. The van der Waals surface area contributed by atoms with Crippen LogP contribution >= 0.6 is 11.8 Å². The van der Waals surface area contributed by atoms with Crippen molar-refractivity contribution in [1.29, 1.82) is 0 Å². The van der Waals surface area contributed by atoms with E-state index in [4.69, 9.17) is 4.74 Å². The van der Waals surface area contributed by atoms with Gasteiger partial charge in [0.05, 0.1) is 12.2 Å². The molecule has 4 heteroatoms. The molecule has 17 heavy (non-hydrogen) atoms. The molecule has 1 aromatic carbocycles. The molecule has 0 N–H and O–H groups in total. The first-order valence-corrected chi connectivity index (χ1v) is 6.26. The zero-order valence-corrected chi connectivity index (χ0v) is 11.0. The van der Waals surface area contributed by atoms with Crippen LogP contribution in [0.25, 0.3) is 0 Å². The lowest BCUT2D eigenvalue weighted by Crippen LogP contribution is -2.35. The van der Waals surface area contributed by atoms with E-state index < -0.39 is 6.04 Å². The number of aliphatic imine (C=N–C) groups is 1. The van der Waals surface area contributed by atoms with Crippen molar-refractivity contribution in [2.75, 3.05) is 7.11 Å². The average Bonchev–Trinajstić information content (AvgIpc) is 2.65. The van der Waals surface area contributed by atoms with Gasteiger partial charge in [0, 0.05) is 10.3 Å². The fourth-order valence-corrected chi connectivity index (χ4v) is 2.94. The quantitative estimate of drug-likeness (QED) is 0.756. The minimum Gasteiger partial charge on any atom is -0.467 e. The van der Waals surface area contributed by atoms with E-state index in [1.807, 2.05) is 44.2 Å². The van der Waals surface area contributed by atoms with E-state index in [2.05, 4.69) is 4.99 Å². The first-order valence-electron chi connectivity index (χ1n) is 5.44. The molecule has 90 valence electrons. The van der Waals surface area contributed by atoms with E-state index in [1.54, 1.807) is 11.8 Å². The lowest BCUT2D eigenvalue weighted by molar-refractivity contribution is -0.142. The van der Waals surface area contributed by atoms with E-state index in [1.165, 1.54) is 7.11 Å². The van der Waals surface area contributed by atoms with E-state index in [-0.39, 0.29) is 10.7 Å². The largest absolute Gasteiger partial charge is 0.467 e. The number of carbonyl (C=O) groups excluding carboxylic acids is 1. The van der Waals surface area contributed by atoms with Crippen molar-refractivity contribution in [2.24, 2.45) is 4.99 Å². The van der Waals surface area contributed by atoms with Gasteiger partial charge in [-0.2, -0.15) is 0 Å². The number of benzene rings is 1. The number of hydrogen-bond donors (Lipinski definition) is 0. The van der Waals surface area contributed by atoms with Crippen LogP contribution < -0.4 is 0 Å². The zero-order valence-electron chi connectivity index (χ0n) is 10.1. The molecule has 0 spiro atoms. The molecular weight excluding hydrogens is 234 g/mol. The van der Waals surface area contributed by atoms with Crippen molar-refractivity contribution < 1.29 is 9.53 Å². The third-order valence-electron chi connectivity index (χ3n) is 2.71. The molecule has 2 rings (SSSR count). The van der Waals surface area contributed by atoms with Crippen molar-refractivity contribution in [3.05, 3.63) is 35.9 Å². The van der Waals surface area contributed by atoms with Crippen molar-refractivity contribution in [3.63, 3.8) is 0 Å². The van der Waals surface area contributed by atoms with Gasteiger partial charge >= 0.3 is 5.97 Å². The van der Waals surface area contributed by atoms with Gasteiger partial charge in [-0.15, -0.1) is 0 Å². The summed E-state index contributed by atoms with van der Waals surface area (Å²) in [5, 5.41) is 0.908. The maximum absolute atomic E-state index is 11.7. The predicted molar refractivity (Wildman–Crippen MR) is 70.5 cm³/mol. The Labute approximate surface area is 105 Å². The topological polar surface area (TPSA) is 38.7 Å². The van der Waals surface area contributed by atoms with Crippen LogP contribution in [0.15, 0.2) is 35.3 Å². The Morgan fingerprint density at radius 1 is 1.35 bits per heavy atom. The zero-order chi connectivity index (χ0) is 12.5. The van der Waals surface area contributed by atoms with Crippen molar-refractivity contribution in [3.8, 4) is 0 Å². The first-order chi connectivity index (χ1) is 8.04. The lowest BCUT2D eigenvalue weighted by Gasteiger charge is -2.21. The van der Waals surface area contributed by atoms with Crippen LogP contribution in [0.4, 0.5) is 0 Å². The van der Waals surface area contributed by atoms with Crippen LogP contribution in [-0.2, 0) is 9.53 Å². The van der Waals surface area contributed by atoms with E-state index in [9.17, 15) is 4.79 Å². The fourth-order valence-electron chi connectivity index (χ4n) is 1.77. The molecule has 1 heterocycles. The highest BCUT2D eigenvalue weighted by Crippen LogP contribution is 2.40. The number of methoxy groups -OCH3 is 1. The molecule has 0 fully saturated rings. The van der Waals surface area contributed by atoms with E-state index >= 15 is 0 Å². The second-order valence-electron chi connectivity index (χ2n) is 4.43. The Morgan fingerprint density at radius 2 is 2.00 bits per heavy atom. The highest BCUT2D eigenvalue weighted by Gasteiger charge is 2.43. The van der Waals surface area contributed by atoms with Gasteiger partial charge in [-0.1, -0.05) is 42.1 Å². The molecule has 3 nitrogen and oxygen atoms in total. The average molecular weight is 249 g/mol. The normalized spacial score (nSPS) is 22.1. The maximum Gasteiger partial charge on any atom is 0.332 e. The number of hydrogen-bond acceptors (Lipinski definition) is 4. The Hall–Kier alpha value is -1.29. The second kappa shape index (κ2) is 4.53. The number of rotatable bonds is 2. The van der Waals surface area contributed by atoms with Crippen LogP contribution in [0.1, 0.15) is 19.4 Å². The molecular formula is C13H15NO2S. The molecule has 0 radical (unpaired) electrons. The lowest BCUT2D eigenvalue weighted by atomic mass is 10.0. The molecule has 1 atom stereocenters. The minimum atomic E-state index is -0.423. The molecule has 0 amide bonds. The van der Waals surface area contributed by atoms with E-state index in [0.717, 1.165) is 10.6 Å². The SMILES string of the molecule is COC(=O)C1N=C(c2ccccc2)SC1(C)C. The molecule has 0 saturated heterocycles. The highest BCUT2D eigenvalue weighted by atomic mass is 32.2. The second-order valence-corrected chi connectivity index (χ2v) is 6.07. The number of carbonyl (C=O) groups is 1. The summed E-state index contributed by atoms with van der Waals surface area (Å²) in [6.45, 7) is 4.03. The smallest absolute Gasteiger partial charge is 0.332 e. The van der Waals surface area contributed by atoms with Crippen LogP contribution in [0.2, 0.25) is 0 Å². The van der Waals surface area contributed by atoms with Gasteiger partial charge in [-0.3, -0.25) is 4.99 Å². The number of nitrogens with zero attached hydrogens (tertiary/aromatic N) is 1. The third kappa shape index (κ3) is 2.36. The summed E-state index contributed by atoms with van der Waals surface area (Å²) < 4.78 is 4.54. The van der Waals surface area contributed by atoms with Crippen molar-refractivity contribution in [2.45, 2.75) is 24.6 Å². The first kappa shape index (κ1) is 12.2. The molecule has 1 aliphatic heterocycles. The van der Waals surface area contributed by atoms with Crippen LogP contribution in [0.3, 0.4) is 0 Å². The van der Waals surface area contributed by atoms with Crippen LogP contribution in [-0.4, -0.2) is 28.9 Å². The third-order valence-corrected chi connectivity index (χ3v) is 3.99. The molecule has 1 unspecified atom stereocenters. The Bertz CT molecular complexity index is 454. The Balaban J connectivity index is 2.31. The van der Waals surface area contributed by atoms with Crippen LogP contribution in [0, 0.1) is 0 Å². The summed E-state index contributed by atoms with van der Waals surface area (Å²) in [6, 6.07) is 9.48. The van der Waals surface area contributed by atoms with E-state index in [0.29, 0.717) is 0 Å². The summed E-state index contributed by atoms with van der Waals surface area (Å²) in [5.41, 5.74) is 1.05. The van der Waals surface area contributed by atoms with Gasteiger partial charge in [0.2, 0.25) is 0 Å². The summed E-state index contributed by atoms with van der Waals surface area (Å²) in [5.74, 6) is -0.270. The standard InChI is InChI=1S/C13H15NO2S/c1-13(2)10(12(15)16-3)14-11(17-13)9-7-5-4-6-8-9/h4-8,10H,1-3H3. The van der Waals surface area contributed by atoms with Gasteiger partial charge in [0.1, 0.15) is 0 Å². The summed E-state index contributed by atoms with van der Waals surface area (Å²) in [4.78, 5) is 16.2. The van der Waals surface area contributed by atoms with Gasteiger partial charge in [0.25, 0.3) is 0 Å². The summed E-state index contributed by atoms with van der Waals surface area (Å²) in [7, 11) is 1.40. The Morgan fingerprint density at radius 3 is 2.59 bits per heavy atom. The van der Waals surface area contributed by atoms with Gasteiger partial charge in [-0.05, 0) is 13.8 Å². The van der Waals surface area contributed by atoms with Gasteiger partial charge < -0.3 is 4.74 Å². The Kier molecular flexibility index (Phi) is 3.24. The predicted octanol–water partition coefficient (Wildman–Crippen LogP) is 2.50. The number of thioether (sulfide) groups is 1. The summed E-state index contributed by atoms with van der Waals surface area (Å²) in [6.07, 6.45) is 0. The molecule has 0 saturated carbocycles. The van der Waals surface area contributed by atoms with Gasteiger partial charge in [-0.25, -0.2) is 4.79 Å². The monoisotopic (exact) mass is 249 g/mol. The highest BCUT2D eigenvalue weighted by molar-refractivity contribution is 8.15. The number of esters is 1. The van der Waals surface area contributed by atoms with Crippen LogP contribution in [0.5, 0.6) is 0 Å². The number of ether oxygens (including phenoxy) is 1. The summed E-state index contributed by atoms with van der Waals surface area (Å²) >= 11 is 1.62. The molecule has 0 bridgehead atoms. The van der Waals surface area contributed by atoms with Gasteiger partial charge in [0.15, 0.2) is 6.04 Å². The molecule has 1 aliphatic rings. The fraction of sp³-hybridized carbons (Fsp3) is 0.385. The minimum absolute atomic E-state index is 0.252. The van der Waals surface area contributed by atoms with Crippen molar-refractivity contribution >= 4 is 22.8 Å². The van der Waals surface area contributed by atoms with Crippen molar-refractivity contribution in [1.82, 2.24) is 0 Å². The molecule has 1 aromatic rings. The molecule has 0 aliphatic carbocycles.